The Morgan fingerprint density at radius 3 is 2.56 bits per heavy atom. The molecular formula is C26H22N2O6. The van der Waals surface area contributed by atoms with Crippen molar-refractivity contribution in [2.45, 2.75) is 12.6 Å². The van der Waals surface area contributed by atoms with Crippen LogP contribution in [-0.4, -0.2) is 47.0 Å². The Balaban J connectivity index is 1.66. The van der Waals surface area contributed by atoms with E-state index in [1.54, 1.807) is 67.0 Å². The minimum absolute atomic E-state index is 0.0137. The number of hydrogen-bond acceptors (Lipinski definition) is 7. The summed E-state index contributed by atoms with van der Waals surface area (Å²) in [6.07, 6.45) is 3.25. The van der Waals surface area contributed by atoms with Crippen LogP contribution in [-0.2, 0) is 16.1 Å². The number of likely N-dealkylation sites (tertiary alicyclic amines) is 1. The van der Waals surface area contributed by atoms with Gasteiger partial charge in [0.05, 0.1) is 18.7 Å². The number of ether oxygens (including phenoxy) is 3. The molecule has 8 nitrogen and oxygen atoms in total. The van der Waals surface area contributed by atoms with Crippen LogP contribution in [0.2, 0.25) is 0 Å². The van der Waals surface area contributed by atoms with E-state index in [4.69, 9.17) is 14.2 Å². The molecule has 1 saturated heterocycles. The molecule has 1 amide bonds. The van der Waals surface area contributed by atoms with E-state index in [1.807, 2.05) is 0 Å². The molecule has 1 N–H and O–H groups in total. The van der Waals surface area contributed by atoms with Gasteiger partial charge in [-0.3, -0.25) is 14.6 Å². The summed E-state index contributed by atoms with van der Waals surface area (Å²) in [6, 6.07) is 14.8. The second-order valence-electron chi connectivity index (χ2n) is 7.88. The van der Waals surface area contributed by atoms with E-state index in [2.05, 4.69) is 4.98 Å². The van der Waals surface area contributed by atoms with Crippen LogP contribution in [0.5, 0.6) is 17.2 Å². The summed E-state index contributed by atoms with van der Waals surface area (Å²) in [4.78, 5) is 31.9. The molecule has 1 aromatic heterocycles. The van der Waals surface area contributed by atoms with Crippen molar-refractivity contribution in [2.75, 3.05) is 20.3 Å². The number of carbonyl (C=O) groups is 2. The van der Waals surface area contributed by atoms with Gasteiger partial charge in [-0.1, -0.05) is 18.2 Å². The summed E-state index contributed by atoms with van der Waals surface area (Å²) < 4.78 is 16.7. The SMILES string of the molecule is COc1ccccc1C1/C(=C(\O)c2ccc3c(c2)OCCO3)C(=O)C(=O)N1Cc1ccncc1. The van der Waals surface area contributed by atoms with Gasteiger partial charge in [-0.05, 0) is 42.0 Å². The van der Waals surface area contributed by atoms with Gasteiger partial charge in [-0.25, -0.2) is 0 Å². The van der Waals surface area contributed by atoms with Gasteiger partial charge in [0.15, 0.2) is 11.5 Å². The minimum atomic E-state index is -0.850. The van der Waals surface area contributed by atoms with E-state index < -0.39 is 17.7 Å². The van der Waals surface area contributed by atoms with Gasteiger partial charge < -0.3 is 24.2 Å². The molecule has 2 aliphatic rings. The predicted molar refractivity (Wildman–Crippen MR) is 123 cm³/mol. The lowest BCUT2D eigenvalue weighted by Crippen LogP contribution is -2.29. The molecule has 0 spiro atoms. The molecule has 1 atom stereocenters. The third-order valence-electron chi connectivity index (χ3n) is 5.89. The molecule has 1 unspecified atom stereocenters. The molecule has 5 rings (SSSR count). The van der Waals surface area contributed by atoms with Crippen molar-refractivity contribution >= 4 is 17.4 Å². The summed E-state index contributed by atoms with van der Waals surface area (Å²) >= 11 is 0. The van der Waals surface area contributed by atoms with E-state index in [-0.39, 0.29) is 17.9 Å². The van der Waals surface area contributed by atoms with Gasteiger partial charge >= 0.3 is 0 Å². The highest BCUT2D eigenvalue weighted by molar-refractivity contribution is 6.46. The number of para-hydroxylation sites is 1. The highest BCUT2D eigenvalue weighted by atomic mass is 16.6. The first-order valence-electron chi connectivity index (χ1n) is 10.8. The van der Waals surface area contributed by atoms with E-state index in [1.165, 1.54) is 12.0 Å². The quantitative estimate of drug-likeness (QED) is 0.355. The van der Waals surface area contributed by atoms with Crippen LogP contribution in [0.15, 0.2) is 72.6 Å². The van der Waals surface area contributed by atoms with Gasteiger partial charge in [0, 0.05) is 30.1 Å². The van der Waals surface area contributed by atoms with Crippen LogP contribution < -0.4 is 14.2 Å². The summed E-state index contributed by atoms with van der Waals surface area (Å²) in [5, 5.41) is 11.3. The highest BCUT2D eigenvalue weighted by Gasteiger charge is 2.47. The second-order valence-corrected chi connectivity index (χ2v) is 7.88. The zero-order valence-corrected chi connectivity index (χ0v) is 18.4. The lowest BCUT2D eigenvalue weighted by Gasteiger charge is -2.26. The first-order chi connectivity index (χ1) is 16.6. The third kappa shape index (κ3) is 3.73. The zero-order chi connectivity index (χ0) is 23.7. The molecule has 0 aliphatic carbocycles. The lowest BCUT2D eigenvalue weighted by atomic mass is 9.94. The van der Waals surface area contributed by atoms with Crippen LogP contribution in [0.3, 0.4) is 0 Å². The normalized spacial score (nSPS) is 18.7. The molecule has 2 aliphatic heterocycles. The number of methoxy groups -OCH3 is 1. The second kappa shape index (κ2) is 8.90. The first kappa shape index (κ1) is 21.5. The number of carbonyl (C=O) groups excluding carboxylic acids is 2. The monoisotopic (exact) mass is 458 g/mol. The number of aliphatic hydroxyl groups is 1. The highest BCUT2D eigenvalue weighted by Crippen LogP contribution is 2.44. The maximum atomic E-state index is 13.3. The summed E-state index contributed by atoms with van der Waals surface area (Å²) in [5.74, 6) is -0.229. The lowest BCUT2D eigenvalue weighted by molar-refractivity contribution is -0.140. The average molecular weight is 458 g/mol. The molecule has 34 heavy (non-hydrogen) atoms. The van der Waals surface area contributed by atoms with E-state index in [9.17, 15) is 14.7 Å². The fourth-order valence-corrected chi connectivity index (χ4v) is 4.29. The van der Waals surface area contributed by atoms with Crippen LogP contribution >= 0.6 is 0 Å². The van der Waals surface area contributed by atoms with Crippen LogP contribution in [0.4, 0.5) is 0 Å². The van der Waals surface area contributed by atoms with Crippen molar-refractivity contribution in [1.82, 2.24) is 9.88 Å². The Kier molecular flexibility index (Phi) is 5.63. The van der Waals surface area contributed by atoms with Crippen molar-refractivity contribution in [2.24, 2.45) is 0 Å². The van der Waals surface area contributed by atoms with Crippen molar-refractivity contribution < 1.29 is 28.9 Å². The third-order valence-corrected chi connectivity index (χ3v) is 5.89. The number of fused-ring (bicyclic) bond motifs is 1. The van der Waals surface area contributed by atoms with Crippen molar-refractivity contribution in [1.29, 1.82) is 0 Å². The van der Waals surface area contributed by atoms with Crippen LogP contribution in [0.25, 0.3) is 5.76 Å². The summed E-state index contributed by atoms with van der Waals surface area (Å²) in [5.41, 5.74) is 1.74. The summed E-state index contributed by atoms with van der Waals surface area (Å²) in [6.45, 7) is 0.981. The van der Waals surface area contributed by atoms with Crippen molar-refractivity contribution in [3.05, 3.63) is 89.3 Å². The number of ketones is 1. The first-order valence-corrected chi connectivity index (χ1v) is 10.8. The molecule has 3 aromatic rings. The predicted octanol–water partition coefficient (Wildman–Crippen LogP) is 3.48. The number of rotatable bonds is 5. The number of nitrogens with zero attached hydrogens (tertiary/aromatic N) is 2. The number of amides is 1. The largest absolute Gasteiger partial charge is 0.507 e. The number of hydrogen-bond donors (Lipinski definition) is 1. The minimum Gasteiger partial charge on any atom is -0.507 e. The molecule has 2 aromatic carbocycles. The van der Waals surface area contributed by atoms with E-state index >= 15 is 0 Å². The van der Waals surface area contributed by atoms with Gasteiger partial charge in [-0.15, -0.1) is 0 Å². The van der Waals surface area contributed by atoms with Crippen molar-refractivity contribution in [3.8, 4) is 17.2 Å². The van der Waals surface area contributed by atoms with Gasteiger partial charge in [0.25, 0.3) is 11.7 Å². The fraction of sp³-hybridized carbons (Fsp3) is 0.192. The van der Waals surface area contributed by atoms with Crippen LogP contribution in [0.1, 0.15) is 22.7 Å². The Morgan fingerprint density at radius 1 is 1.06 bits per heavy atom. The molecule has 172 valence electrons. The van der Waals surface area contributed by atoms with E-state index in [0.29, 0.717) is 41.6 Å². The maximum absolute atomic E-state index is 13.3. The maximum Gasteiger partial charge on any atom is 0.295 e. The summed E-state index contributed by atoms with van der Waals surface area (Å²) in [7, 11) is 1.52. The van der Waals surface area contributed by atoms with E-state index in [0.717, 1.165) is 5.56 Å². The molecule has 0 radical (unpaired) electrons. The Labute approximate surface area is 196 Å². The number of pyridine rings is 1. The zero-order valence-electron chi connectivity index (χ0n) is 18.4. The molecule has 8 heteroatoms. The standard InChI is InChI=1S/C26H22N2O6/c1-32-19-5-3-2-4-18(19)23-22(24(29)17-6-7-20-21(14-17)34-13-12-33-20)25(30)26(31)28(23)15-16-8-10-27-11-9-16/h2-11,14,23,29H,12-13,15H2,1H3/b24-22+. The molecule has 3 heterocycles. The smallest absolute Gasteiger partial charge is 0.295 e. The number of aromatic nitrogens is 1. The molecule has 1 fully saturated rings. The number of Topliss-reactive ketones (excluding diaryl/α,β-unsaturated/α-hetero) is 1. The average Bonchev–Trinajstić information content (AvgIpc) is 3.13. The Hall–Kier alpha value is -4.33. The topological polar surface area (TPSA) is 98.2 Å². The Bertz CT molecular complexity index is 1290. The number of aliphatic hydroxyl groups excluding tert-OH is 1. The van der Waals surface area contributed by atoms with Gasteiger partial charge in [0.2, 0.25) is 0 Å². The molecule has 0 bridgehead atoms. The molecular weight excluding hydrogens is 436 g/mol. The van der Waals surface area contributed by atoms with Crippen molar-refractivity contribution in [3.63, 3.8) is 0 Å². The van der Waals surface area contributed by atoms with Gasteiger partial charge in [-0.2, -0.15) is 0 Å². The van der Waals surface area contributed by atoms with Gasteiger partial charge in [0.1, 0.15) is 24.7 Å². The fourth-order valence-electron chi connectivity index (χ4n) is 4.29. The molecule has 0 saturated carbocycles. The number of benzene rings is 2. The Morgan fingerprint density at radius 2 is 1.79 bits per heavy atom. The van der Waals surface area contributed by atoms with Crippen LogP contribution in [0, 0.1) is 0 Å².